The summed E-state index contributed by atoms with van der Waals surface area (Å²) in [6.45, 7) is 6.70. The minimum Gasteiger partial charge on any atom is -0.444 e. The number of carbonyl (C=O) groups is 1. The van der Waals surface area contributed by atoms with E-state index in [1.807, 2.05) is 60.4 Å². The van der Waals surface area contributed by atoms with Gasteiger partial charge in [-0.2, -0.15) is 0 Å². The van der Waals surface area contributed by atoms with Gasteiger partial charge in [-0.25, -0.2) is 9.98 Å². The van der Waals surface area contributed by atoms with Crippen molar-refractivity contribution in [3.8, 4) is 11.5 Å². The van der Waals surface area contributed by atoms with E-state index in [1.165, 1.54) is 5.56 Å². The van der Waals surface area contributed by atoms with Crippen LogP contribution in [-0.4, -0.2) is 29.9 Å². The molecule has 1 saturated heterocycles. The van der Waals surface area contributed by atoms with Gasteiger partial charge in [-0.05, 0) is 50.1 Å². The van der Waals surface area contributed by atoms with Gasteiger partial charge in [-0.15, -0.1) is 0 Å². The van der Waals surface area contributed by atoms with Crippen LogP contribution < -0.4 is 15.5 Å². The monoisotopic (exact) mass is 431 g/mol. The van der Waals surface area contributed by atoms with E-state index in [4.69, 9.17) is 4.42 Å². The van der Waals surface area contributed by atoms with Crippen molar-refractivity contribution < 1.29 is 9.21 Å². The van der Waals surface area contributed by atoms with E-state index in [-0.39, 0.29) is 5.91 Å². The van der Waals surface area contributed by atoms with Crippen molar-refractivity contribution in [3.63, 3.8) is 0 Å². The van der Waals surface area contributed by atoms with E-state index in [0.29, 0.717) is 31.4 Å². The number of hydrogen-bond donors (Lipinski definition) is 2. The third-order valence-corrected chi connectivity index (χ3v) is 5.37. The first-order valence-corrected chi connectivity index (χ1v) is 11.1. The average molecular weight is 432 g/mol. The van der Waals surface area contributed by atoms with Crippen LogP contribution in [0.1, 0.15) is 36.6 Å². The van der Waals surface area contributed by atoms with Gasteiger partial charge in [0, 0.05) is 30.8 Å². The third kappa shape index (κ3) is 5.35. The summed E-state index contributed by atoms with van der Waals surface area (Å²) in [6.07, 6.45) is 3.24. The van der Waals surface area contributed by atoms with E-state index >= 15 is 0 Å². The van der Waals surface area contributed by atoms with E-state index in [1.54, 1.807) is 6.26 Å². The van der Waals surface area contributed by atoms with Crippen LogP contribution in [0.15, 0.2) is 64.2 Å². The molecule has 1 fully saturated rings. The molecule has 32 heavy (non-hydrogen) atoms. The molecule has 2 aromatic carbocycles. The number of aromatic nitrogens is 1. The number of oxazole rings is 1. The van der Waals surface area contributed by atoms with Crippen LogP contribution in [-0.2, 0) is 17.9 Å². The Morgan fingerprint density at radius 1 is 1.12 bits per heavy atom. The first-order chi connectivity index (χ1) is 15.6. The zero-order valence-corrected chi connectivity index (χ0v) is 18.6. The Hall–Kier alpha value is -3.61. The van der Waals surface area contributed by atoms with Crippen LogP contribution >= 0.6 is 0 Å². The van der Waals surface area contributed by atoms with E-state index < -0.39 is 0 Å². The molecule has 2 N–H and O–H groups in total. The molecule has 4 rings (SSSR count). The van der Waals surface area contributed by atoms with Gasteiger partial charge < -0.3 is 20.0 Å². The molecule has 1 amide bonds. The summed E-state index contributed by atoms with van der Waals surface area (Å²) in [6, 6.07) is 16.2. The molecule has 0 bridgehead atoms. The molecular weight excluding hydrogens is 402 g/mol. The SMILES string of the molecule is CCNC(=NCc1ccc(N2CCCC2=O)cc1)NCc1coc(-c2ccc(C)cc2)n1. The normalized spacial score (nSPS) is 14.1. The Labute approximate surface area is 188 Å². The van der Waals surface area contributed by atoms with Gasteiger partial charge in [0.1, 0.15) is 6.26 Å². The Bertz CT molecular complexity index is 1070. The minimum absolute atomic E-state index is 0.202. The fraction of sp³-hybridized carbons (Fsp3) is 0.320. The highest BCUT2D eigenvalue weighted by Gasteiger charge is 2.21. The molecular formula is C25H29N5O2. The highest BCUT2D eigenvalue weighted by molar-refractivity contribution is 5.95. The number of nitrogens with one attached hydrogen (secondary N) is 2. The number of nitrogens with zero attached hydrogens (tertiary/aromatic N) is 3. The number of amides is 1. The Morgan fingerprint density at radius 2 is 1.91 bits per heavy atom. The van der Waals surface area contributed by atoms with Crippen molar-refractivity contribution in [1.82, 2.24) is 15.6 Å². The molecule has 0 saturated carbocycles. The maximum Gasteiger partial charge on any atom is 0.227 e. The van der Waals surface area contributed by atoms with Crippen LogP contribution in [0.25, 0.3) is 11.5 Å². The van der Waals surface area contributed by atoms with Crippen LogP contribution in [0.4, 0.5) is 5.69 Å². The van der Waals surface area contributed by atoms with Gasteiger partial charge in [-0.3, -0.25) is 4.79 Å². The molecule has 0 aliphatic carbocycles. The number of aliphatic imine (C=N–C) groups is 1. The summed E-state index contributed by atoms with van der Waals surface area (Å²) < 4.78 is 5.63. The predicted octanol–water partition coefficient (Wildman–Crippen LogP) is 4.03. The summed E-state index contributed by atoms with van der Waals surface area (Å²) in [5, 5.41) is 6.56. The molecule has 1 aliphatic heterocycles. The summed E-state index contributed by atoms with van der Waals surface area (Å²) in [5.74, 6) is 1.53. The second kappa shape index (κ2) is 10.1. The van der Waals surface area contributed by atoms with Crippen molar-refractivity contribution in [1.29, 1.82) is 0 Å². The number of anilines is 1. The first-order valence-electron chi connectivity index (χ1n) is 11.1. The molecule has 0 atom stereocenters. The molecule has 1 aliphatic rings. The number of hydrogen-bond acceptors (Lipinski definition) is 4. The average Bonchev–Trinajstić information content (AvgIpc) is 3.46. The third-order valence-electron chi connectivity index (χ3n) is 5.37. The lowest BCUT2D eigenvalue weighted by molar-refractivity contribution is -0.117. The molecule has 0 unspecified atom stereocenters. The zero-order chi connectivity index (χ0) is 22.3. The van der Waals surface area contributed by atoms with Gasteiger partial charge in [0.15, 0.2) is 5.96 Å². The van der Waals surface area contributed by atoms with Crippen LogP contribution in [0.3, 0.4) is 0 Å². The first kappa shape index (κ1) is 21.6. The Morgan fingerprint density at radius 3 is 2.59 bits per heavy atom. The number of carbonyl (C=O) groups excluding carboxylic acids is 1. The lowest BCUT2D eigenvalue weighted by Gasteiger charge is -2.15. The Balaban J connectivity index is 1.35. The second-order valence-electron chi connectivity index (χ2n) is 7.87. The molecule has 0 radical (unpaired) electrons. The van der Waals surface area contributed by atoms with Gasteiger partial charge in [0.2, 0.25) is 11.8 Å². The largest absolute Gasteiger partial charge is 0.444 e. The summed E-state index contributed by atoms with van der Waals surface area (Å²) >= 11 is 0. The van der Waals surface area contributed by atoms with Gasteiger partial charge >= 0.3 is 0 Å². The lowest BCUT2D eigenvalue weighted by atomic mass is 10.1. The van der Waals surface area contributed by atoms with E-state index in [0.717, 1.165) is 42.0 Å². The highest BCUT2D eigenvalue weighted by atomic mass is 16.3. The maximum atomic E-state index is 11.9. The van der Waals surface area contributed by atoms with Gasteiger partial charge in [-0.1, -0.05) is 29.8 Å². The van der Waals surface area contributed by atoms with E-state index in [2.05, 4.69) is 27.5 Å². The van der Waals surface area contributed by atoms with Crippen molar-refractivity contribution in [2.75, 3.05) is 18.0 Å². The summed E-state index contributed by atoms with van der Waals surface area (Å²) in [4.78, 5) is 23.0. The topological polar surface area (TPSA) is 82.8 Å². The van der Waals surface area contributed by atoms with Gasteiger partial charge in [0.25, 0.3) is 0 Å². The fourth-order valence-electron chi connectivity index (χ4n) is 3.61. The number of rotatable bonds is 7. The van der Waals surface area contributed by atoms with Crippen molar-refractivity contribution in [2.45, 2.75) is 39.8 Å². The quantitative estimate of drug-likeness (QED) is 0.436. The lowest BCUT2D eigenvalue weighted by Crippen LogP contribution is -2.36. The van der Waals surface area contributed by atoms with Crippen molar-refractivity contribution in [3.05, 3.63) is 71.6 Å². The number of aryl methyl sites for hydroxylation is 1. The highest BCUT2D eigenvalue weighted by Crippen LogP contribution is 2.22. The second-order valence-corrected chi connectivity index (χ2v) is 7.87. The van der Waals surface area contributed by atoms with Crippen LogP contribution in [0.5, 0.6) is 0 Å². The standard InChI is InChI=1S/C25H29N5O2/c1-3-26-25(27-15-19-8-12-22(13-9-19)30-14-4-5-23(30)31)28-16-21-17-32-24(29-21)20-10-6-18(2)7-11-20/h6-13,17H,3-5,14-16H2,1-2H3,(H2,26,27,28). The van der Waals surface area contributed by atoms with Crippen molar-refractivity contribution >= 4 is 17.6 Å². The molecule has 166 valence electrons. The minimum atomic E-state index is 0.202. The van der Waals surface area contributed by atoms with Gasteiger partial charge in [0.05, 0.1) is 18.8 Å². The molecule has 2 heterocycles. The smallest absolute Gasteiger partial charge is 0.227 e. The molecule has 3 aromatic rings. The predicted molar refractivity (Wildman–Crippen MR) is 126 cm³/mol. The number of benzene rings is 2. The number of guanidine groups is 1. The molecule has 7 nitrogen and oxygen atoms in total. The molecule has 1 aromatic heterocycles. The zero-order valence-electron chi connectivity index (χ0n) is 18.6. The Kier molecular flexibility index (Phi) is 6.84. The summed E-state index contributed by atoms with van der Waals surface area (Å²) in [5.41, 5.74) is 5.02. The molecule has 0 spiro atoms. The van der Waals surface area contributed by atoms with Crippen LogP contribution in [0, 0.1) is 6.92 Å². The maximum absolute atomic E-state index is 11.9. The van der Waals surface area contributed by atoms with Crippen LogP contribution in [0.2, 0.25) is 0 Å². The van der Waals surface area contributed by atoms with Crippen molar-refractivity contribution in [2.24, 2.45) is 4.99 Å². The van der Waals surface area contributed by atoms with E-state index in [9.17, 15) is 4.79 Å². The summed E-state index contributed by atoms with van der Waals surface area (Å²) in [7, 11) is 0. The fourth-order valence-corrected chi connectivity index (χ4v) is 3.61. The molecule has 7 heteroatoms.